The van der Waals surface area contributed by atoms with Crippen LogP contribution in [0.15, 0.2) is 36.4 Å². The summed E-state index contributed by atoms with van der Waals surface area (Å²) in [6, 6.07) is 11.1. The van der Waals surface area contributed by atoms with Gasteiger partial charge in [0.1, 0.15) is 11.5 Å². The van der Waals surface area contributed by atoms with Gasteiger partial charge in [-0.2, -0.15) is 0 Å². The number of fused-ring (bicyclic) bond motifs is 2. The Kier molecular flexibility index (Phi) is 6.73. The van der Waals surface area contributed by atoms with E-state index in [1.807, 2.05) is 24.3 Å². The molecule has 2 N–H and O–H groups in total. The van der Waals surface area contributed by atoms with Gasteiger partial charge in [-0.1, -0.05) is 12.1 Å². The number of hydrogen-bond acceptors (Lipinski definition) is 6. The highest BCUT2D eigenvalue weighted by atomic mass is 16.5. The van der Waals surface area contributed by atoms with E-state index in [9.17, 15) is 29.4 Å². The number of hydrogen-bond donors (Lipinski definition) is 2. The molecule has 10 heteroatoms. The zero-order valence-electron chi connectivity index (χ0n) is 21.3. The fraction of sp³-hybridized carbons (Fsp3) is 0.429. The van der Waals surface area contributed by atoms with Gasteiger partial charge in [0.2, 0.25) is 11.8 Å². The van der Waals surface area contributed by atoms with Crippen molar-refractivity contribution in [3.05, 3.63) is 58.7 Å². The molecule has 3 aliphatic rings. The molecule has 1 fully saturated rings. The van der Waals surface area contributed by atoms with Gasteiger partial charge in [-0.3, -0.25) is 19.2 Å². The zero-order valence-corrected chi connectivity index (χ0v) is 21.3. The summed E-state index contributed by atoms with van der Waals surface area (Å²) in [5, 5.41) is 20.1. The maximum Gasteiger partial charge on any atom is 0.308 e. The van der Waals surface area contributed by atoms with Crippen LogP contribution in [0, 0.1) is 23.7 Å². The average Bonchev–Trinajstić information content (AvgIpc) is 2.90. The third kappa shape index (κ3) is 4.33. The lowest BCUT2D eigenvalue weighted by atomic mass is 9.55. The maximum absolute atomic E-state index is 13.5. The molecule has 2 aromatic rings. The quantitative estimate of drug-likeness (QED) is 0.587. The van der Waals surface area contributed by atoms with E-state index in [2.05, 4.69) is 0 Å². The van der Waals surface area contributed by atoms with Crippen LogP contribution in [0.1, 0.15) is 22.3 Å². The summed E-state index contributed by atoms with van der Waals surface area (Å²) in [5.41, 5.74) is 3.87. The molecular weight excluding hydrogens is 492 g/mol. The molecule has 2 aromatic carbocycles. The molecule has 1 saturated carbocycles. The summed E-state index contributed by atoms with van der Waals surface area (Å²) in [4.78, 5) is 54.8. The van der Waals surface area contributed by atoms with Gasteiger partial charge in [-0.15, -0.1) is 0 Å². The number of benzene rings is 2. The van der Waals surface area contributed by atoms with Crippen molar-refractivity contribution in [2.45, 2.75) is 25.9 Å². The molecule has 38 heavy (non-hydrogen) atoms. The van der Waals surface area contributed by atoms with E-state index in [1.54, 1.807) is 26.4 Å². The molecule has 2 aliphatic heterocycles. The van der Waals surface area contributed by atoms with Crippen LogP contribution in [0.2, 0.25) is 0 Å². The van der Waals surface area contributed by atoms with Crippen molar-refractivity contribution in [3.63, 3.8) is 0 Å². The van der Waals surface area contributed by atoms with E-state index in [0.717, 1.165) is 22.3 Å². The van der Waals surface area contributed by atoms with Crippen molar-refractivity contribution in [2.24, 2.45) is 23.7 Å². The summed E-state index contributed by atoms with van der Waals surface area (Å²) in [7, 11) is 3.15. The lowest BCUT2D eigenvalue weighted by Crippen LogP contribution is -2.64. The minimum atomic E-state index is -1.40. The van der Waals surface area contributed by atoms with Crippen molar-refractivity contribution < 1.29 is 38.9 Å². The van der Waals surface area contributed by atoms with Gasteiger partial charge in [0.15, 0.2) is 0 Å². The van der Waals surface area contributed by atoms with E-state index < -0.39 is 47.4 Å². The van der Waals surface area contributed by atoms with E-state index in [0.29, 0.717) is 37.4 Å². The van der Waals surface area contributed by atoms with Gasteiger partial charge in [0.05, 0.1) is 37.9 Å². The number of methoxy groups -OCH3 is 2. The Morgan fingerprint density at radius 1 is 0.658 bits per heavy atom. The molecule has 0 aromatic heterocycles. The van der Waals surface area contributed by atoms with Crippen molar-refractivity contribution in [1.29, 1.82) is 0 Å². The Balaban J connectivity index is 1.36. The van der Waals surface area contributed by atoms with Crippen LogP contribution in [-0.2, 0) is 45.1 Å². The molecule has 1 aliphatic carbocycles. The van der Waals surface area contributed by atoms with Gasteiger partial charge in [0.25, 0.3) is 0 Å². The summed E-state index contributed by atoms with van der Waals surface area (Å²) in [6.07, 6.45) is 1.08. The molecule has 5 rings (SSSR count). The van der Waals surface area contributed by atoms with Gasteiger partial charge in [-0.05, 0) is 59.4 Å². The molecule has 0 atom stereocenters. The molecule has 2 amide bonds. The second kappa shape index (κ2) is 10.00. The van der Waals surface area contributed by atoms with Crippen LogP contribution >= 0.6 is 0 Å². The normalized spacial score (nSPS) is 23.9. The van der Waals surface area contributed by atoms with Gasteiger partial charge >= 0.3 is 11.9 Å². The third-order valence-electron chi connectivity index (χ3n) is 8.16. The molecule has 200 valence electrons. The van der Waals surface area contributed by atoms with E-state index in [4.69, 9.17) is 9.47 Å². The van der Waals surface area contributed by atoms with Gasteiger partial charge in [-0.25, -0.2) is 0 Å². The number of nitrogens with zero attached hydrogens (tertiary/aromatic N) is 2. The third-order valence-corrected chi connectivity index (χ3v) is 8.16. The van der Waals surface area contributed by atoms with Crippen molar-refractivity contribution >= 4 is 23.8 Å². The highest BCUT2D eigenvalue weighted by Gasteiger charge is 2.65. The van der Waals surface area contributed by atoms with E-state index in [1.165, 1.54) is 9.80 Å². The Bertz CT molecular complexity index is 1200. The van der Waals surface area contributed by atoms with Crippen LogP contribution in [-0.4, -0.2) is 71.1 Å². The number of amides is 2. The molecule has 0 radical (unpaired) electrons. The highest BCUT2D eigenvalue weighted by molar-refractivity contribution is 5.99. The standard InChI is InChI=1S/C28H30N2O8/c1-37-19-5-3-17-13-29(9-7-15(17)11-19)25(31)21-23(27(33)34)22(24(21)28(35)36)26(32)30-10-8-16-12-20(38-2)6-4-18(16)14-30/h3-6,11-12,21-24H,7-10,13-14H2,1-2H3,(H,33,34)(H,35,36)/t21-,22-,23-,24-. The first-order valence-corrected chi connectivity index (χ1v) is 12.6. The number of carboxylic acids is 2. The Morgan fingerprint density at radius 2 is 1.05 bits per heavy atom. The van der Waals surface area contributed by atoms with Crippen LogP contribution in [0.25, 0.3) is 0 Å². The summed E-state index contributed by atoms with van der Waals surface area (Å²) in [6.45, 7) is 1.16. The van der Waals surface area contributed by atoms with E-state index >= 15 is 0 Å². The minimum Gasteiger partial charge on any atom is -0.497 e. The fourth-order valence-corrected chi connectivity index (χ4v) is 6.09. The lowest BCUT2D eigenvalue weighted by molar-refractivity contribution is -0.187. The number of carbonyl (C=O) groups is 4. The molecule has 0 spiro atoms. The van der Waals surface area contributed by atoms with Crippen molar-refractivity contribution in [2.75, 3.05) is 27.3 Å². The predicted octanol–water partition coefficient (Wildman–Crippen LogP) is 1.82. The molecule has 0 bridgehead atoms. The predicted molar refractivity (Wildman–Crippen MR) is 133 cm³/mol. The topological polar surface area (TPSA) is 134 Å². The molecule has 10 nitrogen and oxygen atoms in total. The number of carboxylic acid groups (broad SMARTS) is 2. The summed E-state index contributed by atoms with van der Waals surface area (Å²) < 4.78 is 10.5. The average molecular weight is 523 g/mol. The number of rotatable bonds is 6. The smallest absolute Gasteiger partial charge is 0.308 e. The van der Waals surface area contributed by atoms with Gasteiger partial charge < -0.3 is 29.5 Å². The van der Waals surface area contributed by atoms with Gasteiger partial charge in [0, 0.05) is 26.2 Å². The maximum atomic E-state index is 13.5. The SMILES string of the molecule is COc1ccc2c(c1)CCN(C(=O)[C@H]1[C@H](C(=O)O)[C@H](C(=O)N3CCc4cc(OC)ccc4C3)[C@H]1C(=O)O)C2. The van der Waals surface area contributed by atoms with Crippen LogP contribution in [0.5, 0.6) is 11.5 Å². The van der Waals surface area contributed by atoms with Crippen LogP contribution in [0.3, 0.4) is 0 Å². The molecule has 0 unspecified atom stereocenters. The minimum absolute atomic E-state index is 0.248. The second-order valence-electron chi connectivity index (χ2n) is 10.1. The number of carbonyl (C=O) groups excluding carboxylic acids is 2. The van der Waals surface area contributed by atoms with E-state index in [-0.39, 0.29) is 13.1 Å². The summed E-state index contributed by atoms with van der Waals surface area (Å²) >= 11 is 0. The molecular formula is C28H30N2O8. The Hall–Kier alpha value is -4.08. The first-order chi connectivity index (χ1) is 18.2. The Labute approximate surface area is 219 Å². The number of ether oxygens (including phenoxy) is 2. The highest BCUT2D eigenvalue weighted by Crippen LogP contribution is 2.49. The summed E-state index contributed by atoms with van der Waals surface area (Å²) in [5.74, 6) is -7.72. The molecule has 2 heterocycles. The zero-order chi connectivity index (χ0) is 27.1. The number of aliphatic carboxylic acids is 2. The lowest BCUT2D eigenvalue weighted by Gasteiger charge is -2.49. The molecule has 0 saturated heterocycles. The van der Waals surface area contributed by atoms with Crippen LogP contribution < -0.4 is 9.47 Å². The van der Waals surface area contributed by atoms with Crippen molar-refractivity contribution in [1.82, 2.24) is 9.80 Å². The monoisotopic (exact) mass is 522 g/mol. The van der Waals surface area contributed by atoms with Crippen LogP contribution in [0.4, 0.5) is 0 Å². The first-order valence-electron chi connectivity index (χ1n) is 12.6. The second-order valence-corrected chi connectivity index (χ2v) is 10.1. The fourth-order valence-electron chi connectivity index (χ4n) is 6.09. The first kappa shape index (κ1) is 25.6. The Morgan fingerprint density at radius 3 is 1.39 bits per heavy atom. The largest absolute Gasteiger partial charge is 0.497 e. The van der Waals surface area contributed by atoms with Crippen molar-refractivity contribution in [3.8, 4) is 11.5 Å².